The number of nitro benzene ring substituents is 1. The second kappa shape index (κ2) is 8.31. The van der Waals surface area contributed by atoms with E-state index in [9.17, 15) is 24.8 Å². The molecule has 4 rings (SSSR count). The number of carbonyl (C=O) groups excluding carboxylic acids is 2. The molecule has 1 aliphatic heterocycles. The van der Waals surface area contributed by atoms with Gasteiger partial charge in [-0.3, -0.25) is 29.6 Å². The summed E-state index contributed by atoms with van der Waals surface area (Å²) in [6.45, 7) is 0. The first-order valence-electron chi connectivity index (χ1n) is 9.52. The maximum absolute atomic E-state index is 13.0. The lowest BCUT2D eigenvalue weighted by Gasteiger charge is -2.25. The number of nitrogens with zero attached hydrogens (tertiary/aromatic N) is 3. The number of aliphatic hydroxyl groups excluding tert-OH is 1. The van der Waals surface area contributed by atoms with E-state index in [0.717, 1.165) is 0 Å². The van der Waals surface area contributed by atoms with Crippen LogP contribution in [0.4, 0.5) is 11.4 Å². The van der Waals surface area contributed by atoms with Crippen LogP contribution in [-0.2, 0) is 9.59 Å². The van der Waals surface area contributed by atoms with Crippen LogP contribution in [0.25, 0.3) is 5.76 Å². The van der Waals surface area contributed by atoms with E-state index in [-0.39, 0.29) is 16.8 Å². The number of benzene rings is 2. The Labute approximate surface area is 182 Å². The quantitative estimate of drug-likeness (QED) is 0.215. The van der Waals surface area contributed by atoms with E-state index < -0.39 is 28.4 Å². The summed E-state index contributed by atoms with van der Waals surface area (Å²) in [4.78, 5) is 41.7. The van der Waals surface area contributed by atoms with Gasteiger partial charge in [0, 0.05) is 35.8 Å². The Bertz CT molecular complexity index is 1220. The summed E-state index contributed by atoms with van der Waals surface area (Å²) >= 11 is 0. The third-order valence-electron chi connectivity index (χ3n) is 5.17. The number of ether oxygens (including phenoxy) is 1. The second-order valence-electron chi connectivity index (χ2n) is 6.95. The van der Waals surface area contributed by atoms with Gasteiger partial charge in [0.2, 0.25) is 0 Å². The van der Waals surface area contributed by atoms with Crippen LogP contribution in [0.5, 0.6) is 5.75 Å². The number of methoxy groups -OCH3 is 1. The fourth-order valence-electron chi connectivity index (χ4n) is 3.60. The van der Waals surface area contributed by atoms with Crippen LogP contribution in [0, 0.1) is 10.1 Å². The molecule has 0 aliphatic carbocycles. The van der Waals surface area contributed by atoms with Crippen molar-refractivity contribution in [2.75, 3.05) is 12.0 Å². The molecule has 2 heterocycles. The highest BCUT2D eigenvalue weighted by molar-refractivity contribution is 6.51. The number of aromatic nitrogens is 1. The molecule has 1 aromatic heterocycles. The van der Waals surface area contributed by atoms with E-state index in [1.165, 1.54) is 48.7 Å². The molecule has 32 heavy (non-hydrogen) atoms. The molecule has 0 radical (unpaired) electrons. The molecule has 2 aromatic carbocycles. The van der Waals surface area contributed by atoms with Gasteiger partial charge in [-0.2, -0.15) is 0 Å². The minimum Gasteiger partial charge on any atom is -0.507 e. The van der Waals surface area contributed by atoms with Crippen LogP contribution < -0.4 is 9.64 Å². The highest BCUT2D eigenvalue weighted by Crippen LogP contribution is 2.42. The van der Waals surface area contributed by atoms with E-state index >= 15 is 0 Å². The topological polar surface area (TPSA) is 123 Å². The van der Waals surface area contributed by atoms with Crippen LogP contribution in [0.3, 0.4) is 0 Å². The van der Waals surface area contributed by atoms with E-state index in [0.29, 0.717) is 17.0 Å². The van der Waals surface area contributed by atoms with E-state index in [2.05, 4.69) is 4.98 Å². The maximum Gasteiger partial charge on any atom is 0.300 e. The van der Waals surface area contributed by atoms with Gasteiger partial charge in [0.25, 0.3) is 17.4 Å². The summed E-state index contributed by atoms with van der Waals surface area (Å²) < 4.78 is 5.16. The first-order chi connectivity index (χ1) is 15.4. The Morgan fingerprint density at radius 1 is 1.03 bits per heavy atom. The molecule has 1 saturated heterocycles. The molecule has 9 heteroatoms. The fourth-order valence-corrected chi connectivity index (χ4v) is 3.60. The minimum absolute atomic E-state index is 0.120. The van der Waals surface area contributed by atoms with Gasteiger partial charge in [-0.1, -0.05) is 0 Å². The Morgan fingerprint density at radius 3 is 2.22 bits per heavy atom. The number of Topliss-reactive ketones (excluding diaryl/α,β-unsaturated/α-hetero) is 1. The molecule has 0 saturated carbocycles. The molecule has 1 N–H and O–H groups in total. The summed E-state index contributed by atoms with van der Waals surface area (Å²) in [6, 6.07) is 14.1. The zero-order valence-corrected chi connectivity index (χ0v) is 16.8. The zero-order valence-electron chi connectivity index (χ0n) is 16.8. The molecule has 1 aliphatic rings. The smallest absolute Gasteiger partial charge is 0.300 e. The van der Waals surface area contributed by atoms with Crippen molar-refractivity contribution in [2.45, 2.75) is 6.04 Å². The van der Waals surface area contributed by atoms with E-state index in [1.54, 1.807) is 36.4 Å². The number of carbonyl (C=O) groups is 2. The van der Waals surface area contributed by atoms with Crippen molar-refractivity contribution in [1.82, 2.24) is 4.98 Å². The Hall–Kier alpha value is -4.53. The van der Waals surface area contributed by atoms with Gasteiger partial charge in [0.05, 0.1) is 23.6 Å². The second-order valence-corrected chi connectivity index (χ2v) is 6.95. The molecule has 1 atom stereocenters. The minimum atomic E-state index is -0.915. The zero-order chi connectivity index (χ0) is 22.8. The lowest BCUT2D eigenvalue weighted by Crippen LogP contribution is -2.29. The molecule has 1 amide bonds. The molecule has 1 fully saturated rings. The number of hydrogen-bond acceptors (Lipinski definition) is 7. The first kappa shape index (κ1) is 20.7. The van der Waals surface area contributed by atoms with Gasteiger partial charge < -0.3 is 9.84 Å². The van der Waals surface area contributed by atoms with Crippen LogP contribution in [0.1, 0.15) is 17.2 Å². The Morgan fingerprint density at radius 2 is 1.66 bits per heavy atom. The Balaban J connectivity index is 1.88. The highest BCUT2D eigenvalue weighted by atomic mass is 16.6. The number of hydrogen-bond donors (Lipinski definition) is 1. The summed E-state index contributed by atoms with van der Waals surface area (Å²) in [5, 5.41) is 21.9. The standard InChI is InChI=1S/C23H17N3O6/c1-32-18-8-6-16(7-9-18)25-20(14-10-12-24-13-11-14)19(22(28)23(25)29)21(27)15-2-4-17(5-3-15)26(30)31/h2-13,20,27H,1H3/b21-19-. The van der Waals surface area contributed by atoms with Gasteiger partial charge in [0.1, 0.15) is 11.5 Å². The van der Waals surface area contributed by atoms with E-state index in [4.69, 9.17) is 4.74 Å². The van der Waals surface area contributed by atoms with Crippen molar-refractivity contribution in [3.05, 3.63) is 99.9 Å². The predicted octanol–water partition coefficient (Wildman–Crippen LogP) is 3.62. The summed E-state index contributed by atoms with van der Waals surface area (Å²) in [5.41, 5.74) is 0.912. The van der Waals surface area contributed by atoms with Gasteiger partial charge >= 0.3 is 0 Å². The number of nitro groups is 1. The molecule has 0 bridgehead atoms. The largest absolute Gasteiger partial charge is 0.507 e. The van der Waals surface area contributed by atoms with Crippen molar-refractivity contribution in [1.29, 1.82) is 0 Å². The van der Waals surface area contributed by atoms with Crippen LogP contribution in [0.2, 0.25) is 0 Å². The molecular formula is C23H17N3O6. The van der Waals surface area contributed by atoms with Gasteiger partial charge in [-0.05, 0) is 54.1 Å². The monoisotopic (exact) mass is 431 g/mol. The van der Waals surface area contributed by atoms with Crippen molar-refractivity contribution in [3.8, 4) is 5.75 Å². The highest BCUT2D eigenvalue weighted by Gasteiger charge is 2.47. The van der Waals surface area contributed by atoms with Crippen molar-refractivity contribution in [3.63, 3.8) is 0 Å². The number of anilines is 1. The number of non-ortho nitro benzene ring substituents is 1. The maximum atomic E-state index is 13.0. The predicted molar refractivity (Wildman–Crippen MR) is 115 cm³/mol. The SMILES string of the molecule is COc1ccc(N2C(=O)C(=O)/C(=C(\O)c3ccc([N+](=O)[O-])cc3)C2c2ccncc2)cc1. The van der Waals surface area contributed by atoms with Gasteiger partial charge in [0.15, 0.2) is 0 Å². The number of rotatable bonds is 5. The first-order valence-corrected chi connectivity index (χ1v) is 9.52. The fraction of sp³-hybridized carbons (Fsp3) is 0.0870. The lowest BCUT2D eigenvalue weighted by atomic mass is 9.95. The van der Waals surface area contributed by atoms with Gasteiger partial charge in [-0.25, -0.2) is 0 Å². The van der Waals surface area contributed by atoms with Crippen LogP contribution >= 0.6 is 0 Å². The lowest BCUT2D eigenvalue weighted by molar-refractivity contribution is -0.384. The van der Waals surface area contributed by atoms with E-state index in [1.807, 2.05) is 0 Å². The number of pyridine rings is 1. The van der Waals surface area contributed by atoms with Crippen LogP contribution in [-0.4, -0.2) is 33.8 Å². The van der Waals surface area contributed by atoms with Crippen molar-refractivity contribution < 1.29 is 24.4 Å². The number of aliphatic hydroxyl groups is 1. The number of amides is 1. The molecular weight excluding hydrogens is 414 g/mol. The molecule has 0 spiro atoms. The summed E-state index contributed by atoms with van der Waals surface area (Å²) in [7, 11) is 1.52. The number of ketones is 1. The third-order valence-corrected chi connectivity index (χ3v) is 5.17. The molecule has 3 aromatic rings. The average Bonchev–Trinajstić information content (AvgIpc) is 3.09. The normalized spacial score (nSPS) is 17.4. The van der Waals surface area contributed by atoms with Gasteiger partial charge in [-0.15, -0.1) is 0 Å². The summed E-state index contributed by atoms with van der Waals surface area (Å²) in [6.07, 6.45) is 3.05. The Kier molecular flexibility index (Phi) is 5.38. The summed E-state index contributed by atoms with van der Waals surface area (Å²) in [5.74, 6) is -1.51. The molecule has 1 unspecified atom stereocenters. The third kappa shape index (κ3) is 3.56. The van der Waals surface area contributed by atoms with Crippen molar-refractivity contribution >= 4 is 28.8 Å². The molecule has 160 valence electrons. The average molecular weight is 431 g/mol. The van der Waals surface area contributed by atoms with Crippen LogP contribution in [0.15, 0.2) is 78.6 Å². The molecule has 9 nitrogen and oxygen atoms in total. The van der Waals surface area contributed by atoms with Crippen molar-refractivity contribution in [2.24, 2.45) is 0 Å².